The van der Waals surface area contributed by atoms with Crippen molar-refractivity contribution in [3.63, 3.8) is 0 Å². The third-order valence-electron chi connectivity index (χ3n) is 6.27. The second-order valence-corrected chi connectivity index (χ2v) is 8.93. The van der Waals surface area contributed by atoms with E-state index in [1.165, 1.54) is 21.9 Å². The molecule has 0 aliphatic carbocycles. The highest BCUT2D eigenvalue weighted by atomic mass is 15.3. The second-order valence-electron chi connectivity index (χ2n) is 8.93. The van der Waals surface area contributed by atoms with Gasteiger partial charge in [0.2, 0.25) is 0 Å². The maximum Gasteiger partial charge on any atom is 0.160 e. The summed E-state index contributed by atoms with van der Waals surface area (Å²) in [6.07, 6.45) is 7.21. The minimum Gasteiger partial charge on any atom is -0.353 e. The van der Waals surface area contributed by atoms with E-state index in [0.29, 0.717) is 6.04 Å². The Labute approximate surface area is 189 Å². The lowest BCUT2D eigenvalue weighted by atomic mass is 10.1. The number of aromatic nitrogens is 4. The summed E-state index contributed by atoms with van der Waals surface area (Å²) < 4.78 is 2.28. The summed E-state index contributed by atoms with van der Waals surface area (Å²) in [4.78, 5) is 9.32. The van der Waals surface area contributed by atoms with Crippen molar-refractivity contribution in [2.45, 2.75) is 33.2 Å². The van der Waals surface area contributed by atoms with Crippen molar-refractivity contribution in [2.24, 2.45) is 0 Å². The summed E-state index contributed by atoms with van der Waals surface area (Å²) in [5.74, 6) is 2.04. The average Bonchev–Trinajstić information content (AvgIpc) is 3.27. The van der Waals surface area contributed by atoms with Crippen LogP contribution in [0.3, 0.4) is 0 Å². The molecule has 5 rings (SSSR count). The molecule has 0 atom stereocenters. The predicted octanol–water partition coefficient (Wildman–Crippen LogP) is 4.63. The minimum atomic E-state index is 0.393. The van der Waals surface area contributed by atoms with Gasteiger partial charge >= 0.3 is 0 Å². The summed E-state index contributed by atoms with van der Waals surface area (Å²) in [5, 5.41) is 11.8. The van der Waals surface area contributed by atoms with E-state index < -0.39 is 0 Å². The zero-order chi connectivity index (χ0) is 22.1. The number of fused-ring (bicyclic) bond motifs is 1. The molecular weight excluding hydrogens is 396 g/mol. The Morgan fingerprint density at radius 1 is 0.844 bits per heavy atom. The molecule has 4 heterocycles. The first-order valence-electron chi connectivity index (χ1n) is 11.4. The van der Waals surface area contributed by atoms with E-state index in [0.717, 1.165) is 49.9 Å². The Balaban J connectivity index is 1.43. The van der Waals surface area contributed by atoms with Gasteiger partial charge in [0.1, 0.15) is 5.82 Å². The number of nitrogens with zero attached hydrogens (tertiary/aromatic N) is 6. The van der Waals surface area contributed by atoms with E-state index in [1.807, 2.05) is 6.20 Å². The van der Waals surface area contributed by atoms with Gasteiger partial charge in [-0.1, -0.05) is 36.4 Å². The topological polar surface area (TPSA) is 50.1 Å². The molecular formula is C26H30N6. The van der Waals surface area contributed by atoms with Gasteiger partial charge in [-0.2, -0.15) is 5.10 Å². The fourth-order valence-electron chi connectivity index (χ4n) is 4.34. The summed E-state index contributed by atoms with van der Waals surface area (Å²) in [5.41, 5.74) is 3.49. The first-order chi connectivity index (χ1) is 15.6. The highest BCUT2D eigenvalue weighted by Gasteiger charge is 2.23. The molecule has 0 unspecified atom stereocenters. The number of benzene rings is 1. The molecule has 1 aliphatic heterocycles. The molecule has 32 heavy (non-hydrogen) atoms. The molecule has 0 radical (unpaired) electrons. The third-order valence-corrected chi connectivity index (χ3v) is 6.27. The van der Waals surface area contributed by atoms with E-state index in [1.54, 1.807) is 0 Å². The summed E-state index contributed by atoms with van der Waals surface area (Å²) >= 11 is 0. The Bertz CT molecular complexity index is 1190. The summed E-state index contributed by atoms with van der Waals surface area (Å²) in [6, 6.07) is 15.2. The third kappa shape index (κ3) is 4.05. The van der Waals surface area contributed by atoms with Crippen LogP contribution in [0.2, 0.25) is 0 Å². The van der Waals surface area contributed by atoms with Crippen LogP contribution in [-0.4, -0.2) is 45.9 Å². The van der Waals surface area contributed by atoms with Crippen molar-refractivity contribution in [3.05, 3.63) is 77.9 Å². The maximum atomic E-state index is 4.74. The van der Waals surface area contributed by atoms with Crippen LogP contribution in [0, 0.1) is 6.92 Å². The van der Waals surface area contributed by atoms with Crippen LogP contribution in [0.5, 0.6) is 0 Å². The molecule has 3 aromatic heterocycles. The van der Waals surface area contributed by atoms with E-state index >= 15 is 0 Å². The largest absolute Gasteiger partial charge is 0.353 e. The van der Waals surface area contributed by atoms with Gasteiger partial charge in [0.25, 0.3) is 0 Å². The van der Waals surface area contributed by atoms with Gasteiger partial charge in [-0.3, -0.25) is 0 Å². The highest BCUT2D eigenvalue weighted by molar-refractivity contribution is 5.93. The number of hydrogen-bond acceptors (Lipinski definition) is 5. The molecule has 1 saturated heterocycles. The van der Waals surface area contributed by atoms with E-state index in [2.05, 4.69) is 95.0 Å². The van der Waals surface area contributed by atoms with E-state index in [-0.39, 0.29) is 0 Å². The molecule has 0 N–H and O–H groups in total. The van der Waals surface area contributed by atoms with Crippen LogP contribution < -0.4 is 9.80 Å². The Hall–Kier alpha value is -3.41. The zero-order valence-corrected chi connectivity index (χ0v) is 19.1. The van der Waals surface area contributed by atoms with Crippen LogP contribution in [0.15, 0.2) is 61.1 Å². The molecule has 0 bridgehead atoms. The van der Waals surface area contributed by atoms with Crippen LogP contribution in [-0.2, 0) is 6.42 Å². The molecule has 6 heteroatoms. The Kier molecular flexibility index (Phi) is 5.52. The van der Waals surface area contributed by atoms with Gasteiger partial charge in [0, 0.05) is 68.0 Å². The second kappa shape index (κ2) is 8.61. The summed E-state index contributed by atoms with van der Waals surface area (Å²) in [6.45, 7) is 10.2. The molecule has 0 saturated carbocycles. The lowest BCUT2D eigenvalue weighted by Crippen LogP contribution is -2.47. The van der Waals surface area contributed by atoms with E-state index in [4.69, 9.17) is 10.2 Å². The first-order valence-corrected chi connectivity index (χ1v) is 11.4. The minimum absolute atomic E-state index is 0.393. The summed E-state index contributed by atoms with van der Waals surface area (Å²) in [7, 11) is 0. The Morgan fingerprint density at radius 2 is 1.56 bits per heavy atom. The van der Waals surface area contributed by atoms with Crippen LogP contribution in [0.1, 0.15) is 36.7 Å². The standard InChI is InChI=1S/C26H30N6/c1-19(2)32-17-22-23(18-32)26(29-28-24(22)15-21-7-5-4-6-8-21)31-13-11-30(12-14-31)25-10-9-20(3)16-27-25/h4-10,16-19H,11-15H2,1-3H3. The molecule has 1 aromatic carbocycles. The van der Waals surface area contributed by atoms with Crippen LogP contribution in [0.25, 0.3) is 10.8 Å². The molecule has 6 nitrogen and oxygen atoms in total. The van der Waals surface area contributed by atoms with Crippen molar-refractivity contribution in [1.29, 1.82) is 0 Å². The lowest BCUT2D eigenvalue weighted by Gasteiger charge is -2.36. The van der Waals surface area contributed by atoms with E-state index in [9.17, 15) is 0 Å². The predicted molar refractivity (Wildman–Crippen MR) is 131 cm³/mol. The number of rotatable bonds is 5. The zero-order valence-electron chi connectivity index (χ0n) is 19.1. The van der Waals surface area contributed by atoms with Crippen molar-refractivity contribution >= 4 is 22.4 Å². The molecule has 0 amide bonds. The van der Waals surface area contributed by atoms with Gasteiger partial charge in [0.05, 0.1) is 5.69 Å². The first kappa shape index (κ1) is 20.5. The highest BCUT2D eigenvalue weighted by Crippen LogP contribution is 2.30. The van der Waals surface area contributed by atoms with Gasteiger partial charge < -0.3 is 14.4 Å². The van der Waals surface area contributed by atoms with Crippen LogP contribution in [0.4, 0.5) is 11.6 Å². The fraction of sp³-hybridized carbons (Fsp3) is 0.346. The number of hydrogen-bond donors (Lipinski definition) is 0. The van der Waals surface area contributed by atoms with Crippen molar-refractivity contribution in [3.8, 4) is 0 Å². The SMILES string of the molecule is Cc1ccc(N2CCN(c3nnc(Cc4ccccc4)c4cn(C(C)C)cc34)CC2)nc1. The molecule has 1 aliphatic rings. The number of piperazine rings is 1. The monoisotopic (exact) mass is 426 g/mol. The lowest BCUT2D eigenvalue weighted by molar-refractivity contribution is 0.605. The molecule has 164 valence electrons. The maximum absolute atomic E-state index is 4.74. The van der Waals surface area contributed by atoms with Crippen LogP contribution >= 0.6 is 0 Å². The van der Waals surface area contributed by atoms with Gasteiger partial charge in [-0.25, -0.2) is 4.98 Å². The fourth-order valence-corrected chi connectivity index (χ4v) is 4.34. The average molecular weight is 427 g/mol. The number of pyridine rings is 1. The molecule has 4 aromatic rings. The Morgan fingerprint density at radius 3 is 2.25 bits per heavy atom. The van der Waals surface area contributed by atoms with Crippen molar-refractivity contribution in [2.75, 3.05) is 36.0 Å². The number of aryl methyl sites for hydroxylation is 1. The molecule has 0 spiro atoms. The molecule has 1 fully saturated rings. The van der Waals surface area contributed by atoms with Crippen molar-refractivity contribution in [1.82, 2.24) is 19.7 Å². The van der Waals surface area contributed by atoms with Gasteiger partial charge in [0.15, 0.2) is 5.82 Å². The normalized spacial score (nSPS) is 14.5. The number of anilines is 2. The van der Waals surface area contributed by atoms with Gasteiger partial charge in [-0.05, 0) is 38.0 Å². The van der Waals surface area contributed by atoms with Gasteiger partial charge in [-0.15, -0.1) is 5.10 Å². The quantitative estimate of drug-likeness (QED) is 0.466. The smallest absolute Gasteiger partial charge is 0.160 e. The van der Waals surface area contributed by atoms with Crippen molar-refractivity contribution < 1.29 is 0 Å².